The van der Waals surface area contributed by atoms with Crippen LogP contribution in [0.2, 0.25) is 0 Å². The molecule has 200 valence electrons. The van der Waals surface area contributed by atoms with Crippen LogP contribution in [0.5, 0.6) is 17.2 Å². The zero-order chi connectivity index (χ0) is 27.0. The van der Waals surface area contributed by atoms with Crippen molar-refractivity contribution in [3.8, 4) is 17.2 Å². The van der Waals surface area contributed by atoms with Crippen molar-refractivity contribution in [1.82, 2.24) is 4.90 Å². The average molecular weight is 518 g/mol. The minimum Gasteiger partial charge on any atom is -0.497 e. The Bertz CT molecular complexity index is 1090. The molecule has 38 heavy (non-hydrogen) atoms. The van der Waals surface area contributed by atoms with E-state index in [4.69, 9.17) is 24.1 Å². The topological polar surface area (TPSA) is 77.5 Å². The van der Waals surface area contributed by atoms with E-state index in [1.54, 1.807) is 27.4 Å². The quantitative estimate of drug-likeness (QED) is 0.264. The third-order valence-corrected chi connectivity index (χ3v) is 7.06. The van der Waals surface area contributed by atoms with Crippen LogP contribution in [0.4, 0.5) is 0 Å². The van der Waals surface area contributed by atoms with Gasteiger partial charge in [0.25, 0.3) is 0 Å². The molecule has 0 amide bonds. The fourth-order valence-corrected chi connectivity index (χ4v) is 5.08. The number of ether oxygens (including phenoxy) is 4. The molecule has 1 aliphatic heterocycles. The minimum absolute atomic E-state index is 0.0899. The molecule has 0 radical (unpaired) electrons. The van der Waals surface area contributed by atoms with Gasteiger partial charge in [-0.05, 0) is 72.5 Å². The molecule has 1 heterocycles. The second-order valence-electron chi connectivity index (χ2n) is 9.16. The maximum atomic E-state index is 11.1. The zero-order valence-corrected chi connectivity index (χ0v) is 22.1. The van der Waals surface area contributed by atoms with Gasteiger partial charge in [-0.25, -0.2) is 4.79 Å². The Labute approximate surface area is 224 Å². The Hall–Kier alpha value is -3.81. The number of hydrogen-bond acceptors (Lipinski definition) is 6. The van der Waals surface area contributed by atoms with Crippen molar-refractivity contribution in [2.75, 3.05) is 41.0 Å². The van der Waals surface area contributed by atoms with E-state index in [1.165, 1.54) is 6.08 Å². The van der Waals surface area contributed by atoms with E-state index in [9.17, 15) is 4.79 Å². The summed E-state index contributed by atoms with van der Waals surface area (Å²) in [4.78, 5) is 13.3. The smallest absolute Gasteiger partial charge is 0.328 e. The van der Waals surface area contributed by atoms with Gasteiger partial charge in [0.05, 0.1) is 27.9 Å². The summed E-state index contributed by atoms with van der Waals surface area (Å²) in [5, 5.41) is 9.08. The molecular formula is C31H35NO6. The molecular weight excluding hydrogens is 482 g/mol. The van der Waals surface area contributed by atoms with Gasteiger partial charge in [-0.3, -0.25) is 4.90 Å². The van der Waals surface area contributed by atoms with Gasteiger partial charge in [0.1, 0.15) is 22.8 Å². The first-order chi connectivity index (χ1) is 18.5. The first kappa shape index (κ1) is 27.2. The molecule has 1 N–H and O–H groups in total. The summed E-state index contributed by atoms with van der Waals surface area (Å²) in [6.07, 6.45) is 4.97. The molecule has 0 saturated carbocycles. The number of rotatable bonds is 12. The van der Waals surface area contributed by atoms with Gasteiger partial charge in [0.2, 0.25) is 0 Å². The molecule has 1 saturated heterocycles. The van der Waals surface area contributed by atoms with Crippen molar-refractivity contribution in [3.05, 3.63) is 102 Å². The number of nitrogens with zero attached hydrogens (tertiary/aromatic N) is 1. The molecule has 0 unspecified atom stereocenters. The van der Waals surface area contributed by atoms with Gasteiger partial charge >= 0.3 is 5.97 Å². The van der Waals surface area contributed by atoms with Crippen LogP contribution in [0.3, 0.4) is 0 Å². The van der Waals surface area contributed by atoms with Crippen LogP contribution in [0, 0.1) is 0 Å². The molecule has 0 aromatic heterocycles. The highest BCUT2D eigenvalue weighted by atomic mass is 16.5. The maximum absolute atomic E-state index is 11.1. The molecule has 1 fully saturated rings. The van der Waals surface area contributed by atoms with E-state index in [0.29, 0.717) is 13.2 Å². The molecule has 3 aromatic rings. The number of methoxy groups -OCH3 is 3. The van der Waals surface area contributed by atoms with Gasteiger partial charge in [0.15, 0.2) is 0 Å². The average Bonchev–Trinajstić information content (AvgIpc) is 3.42. The monoisotopic (exact) mass is 517 g/mol. The number of hydrogen-bond donors (Lipinski definition) is 1. The van der Waals surface area contributed by atoms with E-state index in [0.717, 1.165) is 53.3 Å². The SMILES string of the molecule is COc1ccc(C(OCCN2CCC[C@@H]2C=CC(=O)O)(c2ccc(OC)cc2)c2ccc(OC)cc2)cc1. The third kappa shape index (κ3) is 6.01. The number of benzene rings is 3. The zero-order valence-electron chi connectivity index (χ0n) is 22.1. The highest BCUT2D eigenvalue weighted by molar-refractivity contribution is 5.79. The van der Waals surface area contributed by atoms with E-state index < -0.39 is 11.6 Å². The summed E-state index contributed by atoms with van der Waals surface area (Å²) in [6.45, 7) is 2.00. The number of carboxylic acid groups (broad SMARTS) is 1. The molecule has 4 rings (SSSR count). The fourth-order valence-electron chi connectivity index (χ4n) is 5.08. The van der Waals surface area contributed by atoms with Crippen LogP contribution in [0.25, 0.3) is 0 Å². The number of carbonyl (C=O) groups is 1. The van der Waals surface area contributed by atoms with Crippen LogP contribution in [-0.2, 0) is 15.1 Å². The lowest BCUT2D eigenvalue weighted by atomic mass is 9.80. The van der Waals surface area contributed by atoms with Crippen LogP contribution in [0.1, 0.15) is 29.5 Å². The van der Waals surface area contributed by atoms with Crippen LogP contribution in [-0.4, -0.2) is 63.0 Å². The molecule has 1 atom stereocenters. The van der Waals surface area contributed by atoms with Gasteiger partial charge in [-0.2, -0.15) is 0 Å². The predicted octanol–water partition coefficient (Wildman–Crippen LogP) is 5.13. The molecule has 3 aromatic carbocycles. The summed E-state index contributed by atoms with van der Waals surface area (Å²) < 4.78 is 23.2. The summed E-state index contributed by atoms with van der Waals surface area (Å²) in [5.41, 5.74) is 1.95. The second kappa shape index (κ2) is 12.6. The van der Waals surface area contributed by atoms with Crippen molar-refractivity contribution in [2.45, 2.75) is 24.5 Å². The van der Waals surface area contributed by atoms with E-state index >= 15 is 0 Å². The van der Waals surface area contributed by atoms with Gasteiger partial charge in [0, 0.05) is 18.7 Å². The van der Waals surface area contributed by atoms with Crippen LogP contribution in [0.15, 0.2) is 84.9 Å². The lowest BCUT2D eigenvalue weighted by Gasteiger charge is -2.37. The Morgan fingerprint density at radius 1 is 0.842 bits per heavy atom. The Morgan fingerprint density at radius 3 is 1.68 bits per heavy atom. The van der Waals surface area contributed by atoms with Gasteiger partial charge in [-0.1, -0.05) is 42.5 Å². The summed E-state index contributed by atoms with van der Waals surface area (Å²) in [6, 6.07) is 23.9. The van der Waals surface area contributed by atoms with Crippen molar-refractivity contribution in [2.24, 2.45) is 0 Å². The molecule has 7 heteroatoms. The van der Waals surface area contributed by atoms with Gasteiger partial charge in [-0.15, -0.1) is 0 Å². The standard InChI is InChI=1S/C31H35NO6/c1-35-27-13-6-23(7-14-27)31(24-8-15-28(36-2)16-9-24,25-10-17-29(37-3)18-11-25)38-22-21-32-20-4-5-26(32)12-19-30(33)34/h6-19,26H,4-5,20-22H2,1-3H3,(H,33,34)/t26-/m1/s1. The Kier molecular flexibility index (Phi) is 9.05. The van der Waals surface area contributed by atoms with Crippen LogP contribution < -0.4 is 14.2 Å². The largest absolute Gasteiger partial charge is 0.497 e. The molecule has 0 bridgehead atoms. The van der Waals surface area contributed by atoms with Crippen molar-refractivity contribution in [1.29, 1.82) is 0 Å². The summed E-state index contributed by atoms with van der Waals surface area (Å²) in [7, 11) is 4.95. The third-order valence-electron chi connectivity index (χ3n) is 7.06. The first-order valence-corrected chi connectivity index (χ1v) is 12.7. The Balaban J connectivity index is 1.74. The lowest BCUT2D eigenvalue weighted by molar-refractivity contribution is -0.131. The van der Waals surface area contributed by atoms with E-state index in [1.807, 2.05) is 72.8 Å². The van der Waals surface area contributed by atoms with E-state index in [2.05, 4.69) is 4.90 Å². The molecule has 0 aliphatic carbocycles. The first-order valence-electron chi connectivity index (χ1n) is 12.7. The number of aliphatic carboxylic acids is 1. The fraction of sp³-hybridized carbons (Fsp3) is 0.323. The lowest BCUT2D eigenvalue weighted by Crippen LogP contribution is -2.37. The van der Waals surface area contributed by atoms with E-state index in [-0.39, 0.29) is 6.04 Å². The highest BCUT2D eigenvalue weighted by Gasteiger charge is 2.38. The van der Waals surface area contributed by atoms with Crippen molar-refractivity contribution >= 4 is 5.97 Å². The molecule has 7 nitrogen and oxygen atoms in total. The maximum Gasteiger partial charge on any atom is 0.328 e. The van der Waals surface area contributed by atoms with Gasteiger partial charge < -0.3 is 24.1 Å². The molecule has 1 aliphatic rings. The van der Waals surface area contributed by atoms with Crippen LogP contribution >= 0.6 is 0 Å². The number of carboxylic acids is 1. The molecule has 0 spiro atoms. The normalized spacial score (nSPS) is 16.0. The van der Waals surface area contributed by atoms with Crippen molar-refractivity contribution in [3.63, 3.8) is 0 Å². The Morgan fingerprint density at radius 2 is 1.29 bits per heavy atom. The highest BCUT2D eigenvalue weighted by Crippen LogP contribution is 2.42. The predicted molar refractivity (Wildman–Crippen MR) is 146 cm³/mol. The second-order valence-corrected chi connectivity index (χ2v) is 9.16. The minimum atomic E-state index is -0.925. The van der Waals surface area contributed by atoms with Crippen molar-refractivity contribution < 1.29 is 28.8 Å². The summed E-state index contributed by atoms with van der Waals surface area (Å²) >= 11 is 0. The summed E-state index contributed by atoms with van der Waals surface area (Å²) in [5.74, 6) is 1.36. The number of likely N-dealkylation sites (tertiary alicyclic amines) is 1.